The average Bonchev–Trinajstić information content (AvgIpc) is 2.65. The number of nitrogens with one attached hydrogen (secondary N) is 2. The summed E-state index contributed by atoms with van der Waals surface area (Å²) in [5, 5.41) is 4.82. The van der Waals surface area contributed by atoms with Gasteiger partial charge in [-0.05, 0) is 30.3 Å². The average molecular weight is 380 g/mol. The van der Waals surface area contributed by atoms with Crippen molar-refractivity contribution in [1.29, 1.82) is 0 Å². The van der Waals surface area contributed by atoms with Crippen LogP contribution < -0.4 is 10.6 Å². The first-order chi connectivity index (χ1) is 12.7. The maximum atomic E-state index is 12.9. The molecule has 6 nitrogen and oxygen atoms in total. The number of rotatable bonds is 5. The van der Waals surface area contributed by atoms with E-state index in [9.17, 15) is 27.6 Å². The molecular weight excluding hydrogens is 365 g/mol. The third-order valence-electron chi connectivity index (χ3n) is 3.42. The molecule has 0 radical (unpaired) electrons. The Kier molecular flexibility index (Phi) is 6.17. The Bertz CT molecular complexity index is 866. The third kappa shape index (κ3) is 5.30. The fraction of sp³-hybridized carbons (Fsp3) is 0.167. The van der Waals surface area contributed by atoms with E-state index in [-0.39, 0.29) is 11.6 Å². The summed E-state index contributed by atoms with van der Waals surface area (Å²) >= 11 is 0. The molecule has 9 heteroatoms. The van der Waals surface area contributed by atoms with E-state index in [1.165, 1.54) is 37.4 Å². The van der Waals surface area contributed by atoms with Gasteiger partial charge in [0.15, 0.2) is 6.61 Å². The normalized spacial score (nSPS) is 10.8. The van der Waals surface area contributed by atoms with Crippen molar-refractivity contribution in [1.82, 2.24) is 5.32 Å². The summed E-state index contributed by atoms with van der Waals surface area (Å²) in [5.74, 6) is -2.39. The number of amides is 2. The highest BCUT2D eigenvalue weighted by atomic mass is 19.4. The monoisotopic (exact) mass is 380 g/mol. The van der Waals surface area contributed by atoms with Crippen LogP contribution in [-0.2, 0) is 15.7 Å². The number of halogens is 3. The van der Waals surface area contributed by atoms with Crippen LogP contribution in [0.25, 0.3) is 0 Å². The molecule has 0 heterocycles. The largest absolute Gasteiger partial charge is 0.452 e. The summed E-state index contributed by atoms with van der Waals surface area (Å²) in [6.45, 7) is -0.783. The lowest BCUT2D eigenvalue weighted by Crippen LogP contribution is -2.23. The third-order valence-corrected chi connectivity index (χ3v) is 3.42. The van der Waals surface area contributed by atoms with Gasteiger partial charge in [-0.15, -0.1) is 0 Å². The van der Waals surface area contributed by atoms with Gasteiger partial charge in [0.25, 0.3) is 11.8 Å². The molecule has 0 bridgehead atoms. The molecule has 2 amide bonds. The van der Waals surface area contributed by atoms with E-state index in [1.807, 2.05) is 0 Å². The van der Waals surface area contributed by atoms with E-state index in [0.29, 0.717) is 5.56 Å². The zero-order valence-electron chi connectivity index (χ0n) is 14.1. The summed E-state index contributed by atoms with van der Waals surface area (Å²) in [6.07, 6.45) is -4.72. The minimum atomic E-state index is -4.72. The molecule has 2 N–H and O–H groups in total. The highest BCUT2D eigenvalue weighted by Crippen LogP contribution is 2.32. The number of carbonyl (C=O) groups is 3. The van der Waals surface area contributed by atoms with Crippen molar-refractivity contribution in [3.05, 3.63) is 65.2 Å². The standard InChI is InChI=1S/C18H15F3N2O4/c1-22-16(25)11-5-4-6-12(9-11)23-15(24)10-27-17(26)13-7-2-3-8-14(13)18(19,20)21/h2-9H,10H2,1H3,(H,22,25)(H,23,24). The van der Waals surface area contributed by atoms with Crippen molar-refractivity contribution in [3.63, 3.8) is 0 Å². The van der Waals surface area contributed by atoms with Crippen molar-refractivity contribution >= 4 is 23.5 Å². The molecule has 142 valence electrons. The van der Waals surface area contributed by atoms with Crippen molar-refractivity contribution in [2.24, 2.45) is 0 Å². The second kappa shape index (κ2) is 8.35. The van der Waals surface area contributed by atoms with Crippen LogP contribution in [0.4, 0.5) is 18.9 Å². The Balaban J connectivity index is 2.01. The minimum absolute atomic E-state index is 0.271. The van der Waals surface area contributed by atoms with E-state index >= 15 is 0 Å². The molecule has 2 aromatic rings. The number of hydrogen-bond acceptors (Lipinski definition) is 4. The highest BCUT2D eigenvalue weighted by Gasteiger charge is 2.35. The van der Waals surface area contributed by atoms with Crippen LogP contribution in [-0.4, -0.2) is 31.4 Å². The second-order valence-electron chi connectivity index (χ2n) is 5.33. The number of ether oxygens (including phenoxy) is 1. The lowest BCUT2D eigenvalue weighted by molar-refractivity contribution is -0.138. The second-order valence-corrected chi connectivity index (χ2v) is 5.33. The zero-order valence-corrected chi connectivity index (χ0v) is 14.1. The fourth-order valence-electron chi connectivity index (χ4n) is 2.20. The van der Waals surface area contributed by atoms with E-state index in [1.54, 1.807) is 0 Å². The molecule has 0 saturated heterocycles. The number of carbonyl (C=O) groups excluding carboxylic acids is 3. The molecule has 27 heavy (non-hydrogen) atoms. The number of benzene rings is 2. The van der Waals surface area contributed by atoms with Crippen LogP contribution >= 0.6 is 0 Å². The molecule has 0 aromatic heterocycles. The first-order valence-corrected chi connectivity index (χ1v) is 7.67. The molecular formula is C18H15F3N2O4. The maximum Gasteiger partial charge on any atom is 0.417 e. The van der Waals surface area contributed by atoms with Gasteiger partial charge < -0.3 is 15.4 Å². The fourth-order valence-corrected chi connectivity index (χ4v) is 2.20. The van der Waals surface area contributed by atoms with Crippen LogP contribution in [0.15, 0.2) is 48.5 Å². The van der Waals surface area contributed by atoms with Gasteiger partial charge in [0.1, 0.15) is 0 Å². The van der Waals surface area contributed by atoms with Crippen molar-refractivity contribution in [3.8, 4) is 0 Å². The van der Waals surface area contributed by atoms with Gasteiger partial charge in [-0.2, -0.15) is 13.2 Å². The molecule has 0 saturated carbocycles. The topological polar surface area (TPSA) is 84.5 Å². The Hall–Kier alpha value is -3.36. The zero-order chi connectivity index (χ0) is 20.0. The number of esters is 1. The summed E-state index contributed by atoms with van der Waals surface area (Å²) in [5.41, 5.74) is -1.26. The molecule has 0 unspecified atom stereocenters. The van der Waals surface area contributed by atoms with E-state index in [0.717, 1.165) is 18.2 Å². The molecule has 2 aromatic carbocycles. The minimum Gasteiger partial charge on any atom is -0.452 e. The SMILES string of the molecule is CNC(=O)c1cccc(NC(=O)COC(=O)c2ccccc2C(F)(F)F)c1. The maximum absolute atomic E-state index is 12.9. The molecule has 0 atom stereocenters. The molecule has 0 aliphatic carbocycles. The van der Waals surface area contributed by atoms with Gasteiger partial charge >= 0.3 is 12.1 Å². The van der Waals surface area contributed by atoms with Crippen LogP contribution in [0.1, 0.15) is 26.3 Å². The van der Waals surface area contributed by atoms with Gasteiger partial charge in [0.2, 0.25) is 0 Å². The molecule has 0 aliphatic rings. The Morgan fingerprint density at radius 3 is 2.41 bits per heavy atom. The summed E-state index contributed by atoms with van der Waals surface area (Å²) in [4.78, 5) is 35.3. The Labute approximate surface area is 152 Å². The van der Waals surface area contributed by atoms with Crippen LogP contribution in [0.5, 0.6) is 0 Å². The number of alkyl halides is 3. The summed E-state index contributed by atoms with van der Waals surface area (Å²) in [7, 11) is 1.45. The van der Waals surface area contributed by atoms with E-state index < -0.39 is 35.8 Å². The van der Waals surface area contributed by atoms with Crippen LogP contribution in [0.2, 0.25) is 0 Å². The number of hydrogen-bond donors (Lipinski definition) is 2. The molecule has 0 spiro atoms. The van der Waals surface area contributed by atoms with Crippen molar-refractivity contribution in [2.75, 3.05) is 19.0 Å². The summed E-state index contributed by atoms with van der Waals surface area (Å²) in [6, 6.07) is 10.1. The van der Waals surface area contributed by atoms with E-state index in [4.69, 9.17) is 0 Å². The number of anilines is 1. The van der Waals surface area contributed by atoms with Gasteiger partial charge in [-0.25, -0.2) is 4.79 Å². The smallest absolute Gasteiger partial charge is 0.417 e. The van der Waals surface area contributed by atoms with E-state index in [2.05, 4.69) is 15.4 Å². The predicted molar refractivity (Wildman–Crippen MR) is 90.2 cm³/mol. The van der Waals surface area contributed by atoms with Crippen molar-refractivity contribution in [2.45, 2.75) is 6.18 Å². The quantitative estimate of drug-likeness (QED) is 0.782. The highest BCUT2D eigenvalue weighted by molar-refractivity contribution is 5.98. The molecule has 0 aliphatic heterocycles. The van der Waals surface area contributed by atoms with Gasteiger partial charge in [-0.3, -0.25) is 9.59 Å². The van der Waals surface area contributed by atoms with Crippen LogP contribution in [0, 0.1) is 0 Å². The Morgan fingerprint density at radius 2 is 1.74 bits per heavy atom. The first kappa shape index (κ1) is 20.0. The molecule has 2 rings (SSSR count). The van der Waals surface area contributed by atoms with Crippen LogP contribution in [0.3, 0.4) is 0 Å². The molecule has 0 fully saturated rings. The van der Waals surface area contributed by atoms with Gasteiger partial charge in [0.05, 0.1) is 11.1 Å². The lowest BCUT2D eigenvalue weighted by Gasteiger charge is -2.12. The van der Waals surface area contributed by atoms with Crippen molar-refractivity contribution < 1.29 is 32.3 Å². The Morgan fingerprint density at radius 1 is 1.04 bits per heavy atom. The summed E-state index contributed by atoms with van der Waals surface area (Å²) < 4.78 is 43.4. The van der Waals surface area contributed by atoms with Gasteiger partial charge in [0, 0.05) is 18.3 Å². The van der Waals surface area contributed by atoms with Gasteiger partial charge in [-0.1, -0.05) is 18.2 Å². The lowest BCUT2D eigenvalue weighted by atomic mass is 10.1. The predicted octanol–water partition coefficient (Wildman–Crippen LogP) is 2.86. The first-order valence-electron chi connectivity index (χ1n) is 7.67.